The van der Waals surface area contributed by atoms with E-state index < -0.39 is 36.2 Å². The average Bonchev–Trinajstić information content (AvgIpc) is 2.83. The molecule has 1 aliphatic carbocycles. The zero-order chi connectivity index (χ0) is 19.6. The summed E-state index contributed by atoms with van der Waals surface area (Å²) < 4.78 is 10.8. The van der Waals surface area contributed by atoms with Crippen molar-refractivity contribution in [2.24, 2.45) is 5.92 Å². The quantitative estimate of drug-likeness (QED) is 0.600. The molecular weight excluding hydrogens is 336 g/mol. The lowest BCUT2D eigenvalue weighted by molar-refractivity contribution is -0.151. The van der Waals surface area contributed by atoms with Crippen LogP contribution in [-0.4, -0.2) is 41.1 Å². The number of carbonyl (C=O) groups is 3. The number of ether oxygens (including phenoxy) is 2. The topological polar surface area (TPSA) is 89.9 Å². The molecule has 0 radical (unpaired) electrons. The molecule has 26 heavy (non-hydrogen) atoms. The molecule has 6 nitrogen and oxygen atoms in total. The lowest BCUT2D eigenvalue weighted by Gasteiger charge is -2.31. The van der Waals surface area contributed by atoms with Crippen LogP contribution >= 0.6 is 0 Å². The molecule has 0 spiro atoms. The van der Waals surface area contributed by atoms with Crippen molar-refractivity contribution >= 4 is 17.7 Å². The van der Waals surface area contributed by atoms with E-state index in [4.69, 9.17) is 9.47 Å². The number of aliphatic hydroxyl groups is 1. The number of ketones is 1. The van der Waals surface area contributed by atoms with Gasteiger partial charge in [0.25, 0.3) is 0 Å². The molecule has 140 valence electrons. The zero-order valence-electron chi connectivity index (χ0n) is 15.4. The highest BCUT2D eigenvalue weighted by Crippen LogP contribution is 2.36. The summed E-state index contributed by atoms with van der Waals surface area (Å²) in [7, 11) is 0. The second-order valence-corrected chi connectivity index (χ2v) is 6.77. The summed E-state index contributed by atoms with van der Waals surface area (Å²) in [5, 5.41) is 10.9. The van der Waals surface area contributed by atoms with Crippen LogP contribution in [0.5, 0.6) is 0 Å². The first-order chi connectivity index (χ1) is 12.1. The largest absolute Gasteiger partial charge is 0.458 e. The van der Waals surface area contributed by atoms with Crippen LogP contribution < -0.4 is 0 Å². The Morgan fingerprint density at radius 3 is 2.62 bits per heavy atom. The van der Waals surface area contributed by atoms with Gasteiger partial charge in [0.15, 0.2) is 5.78 Å². The molecule has 1 N–H and O–H groups in total. The maximum atomic E-state index is 12.2. The summed E-state index contributed by atoms with van der Waals surface area (Å²) in [6.45, 7) is 10.4. The van der Waals surface area contributed by atoms with Gasteiger partial charge < -0.3 is 14.6 Å². The van der Waals surface area contributed by atoms with Gasteiger partial charge in [-0.15, -0.1) is 0 Å². The van der Waals surface area contributed by atoms with Crippen LogP contribution in [0.3, 0.4) is 0 Å². The van der Waals surface area contributed by atoms with E-state index in [1.54, 1.807) is 33.8 Å². The Hall–Kier alpha value is -2.47. The Morgan fingerprint density at radius 2 is 2.00 bits per heavy atom. The highest BCUT2D eigenvalue weighted by atomic mass is 16.6. The van der Waals surface area contributed by atoms with E-state index in [0.29, 0.717) is 17.6 Å². The Kier molecular flexibility index (Phi) is 5.97. The number of aliphatic hydroxyl groups excluding tert-OH is 1. The summed E-state index contributed by atoms with van der Waals surface area (Å²) in [5.74, 6) is -2.20. The molecule has 0 unspecified atom stereocenters. The van der Waals surface area contributed by atoms with Crippen molar-refractivity contribution in [1.29, 1.82) is 0 Å². The van der Waals surface area contributed by atoms with Crippen LogP contribution in [0.25, 0.3) is 0 Å². The van der Waals surface area contributed by atoms with Gasteiger partial charge in [-0.2, -0.15) is 0 Å². The van der Waals surface area contributed by atoms with Crippen molar-refractivity contribution in [3.8, 4) is 0 Å². The van der Waals surface area contributed by atoms with Gasteiger partial charge in [0.05, 0.1) is 5.92 Å². The molecule has 2 rings (SSSR count). The fourth-order valence-electron chi connectivity index (χ4n) is 3.16. The predicted octanol–water partition coefficient (Wildman–Crippen LogP) is 2.19. The van der Waals surface area contributed by atoms with Gasteiger partial charge in [-0.05, 0) is 45.4 Å². The fourth-order valence-corrected chi connectivity index (χ4v) is 3.16. The molecule has 1 saturated heterocycles. The first kappa shape index (κ1) is 19.8. The van der Waals surface area contributed by atoms with Crippen LogP contribution in [0.2, 0.25) is 0 Å². The van der Waals surface area contributed by atoms with Crippen molar-refractivity contribution in [2.75, 3.05) is 0 Å². The molecule has 0 aromatic carbocycles. The molecule has 1 aliphatic heterocycles. The molecule has 0 bridgehead atoms. The Morgan fingerprint density at radius 1 is 1.35 bits per heavy atom. The number of rotatable bonds is 2. The van der Waals surface area contributed by atoms with Crippen LogP contribution in [0.1, 0.15) is 34.1 Å². The number of fused-ring (bicyclic) bond motifs is 1. The van der Waals surface area contributed by atoms with E-state index in [1.165, 1.54) is 12.2 Å². The minimum atomic E-state index is -1.26. The maximum absolute atomic E-state index is 12.2. The third kappa shape index (κ3) is 4.02. The zero-order valence-corrected chi connectivity index (χ0v) is 15.4. The van der Waals surface area contributed by atoms with E-state index in [2.05, 4.69) is 6.58 Å². The average molecular weight is 360 g/mol. The number of hydrogen-bond donors (Lipinski definition) is 1. The summed E-state index contributed by atoms with van der Waals surface area (Å²) in [6.07, 6.45) is 1.65. The van der Waals surface area contributed by atoms with Crippen molar-refractivity contribution in [1.82, 2.24) is 0 Å². The third-order valence-electron chi connectivity index (χ3n) is 4.72. The van der Waals surface area contributed by atoms with Crippen molar-refractivity contribution in [2.45, 2.75) is 52.4 Å². The highest BCUT2D eigenvalue weighted by Gasteiger charge is 2.47. The molecule has 0 aromatic heterocycles. The van der Waals surface area contributed by atoms with E-state index in [9.17, 15) is 19.5 Å². The standard InChI is InChI=1S/C20H24O6/c1-6-11(3)19(23)26-18-12(4)9-14(21)7-10(2)8-15-16(17(18)22)13(5)20(24)25-15/h6-7,9,15-18,22H,5,8H2,1-4H3/b10-7-,11-6-,12-9+/t15-,16+,17-,18-/m1/s1. The number of carbonyl (C=O) groups excluding carboxylic acids is 3. The van der Waals surface area contributed by atoms with Gasteiger partial charge in [-0.1, -0.05) is 18.2 Å². The van der Waals surface area contributed by atoms with Crippen LogP contribution in [0.15, 0.2) is 47.1 Å². The number of hydrogen-bond acceptors (Lipinski definition) is 6. The summed E-state index contributed by atoms with van der Waals surface area (Å²) in [6, 6.07) is 0. The van der Waals surface area contributed by atoms with E-state index >= 15 is 0 Å². The minimum Gasteiger partial charge on any atom is -0.458 e. The molecule has 1 fully saturated rings. The van der Waals surface area contributed by atoms with Gasteiger partial charge in [0.1, 0.15) is 18.3 Å². The van der Waals surface area contributed by atoms with Crippen molar-refractivity contribution in [3.05, 3.63) is 47.1 Å². The van der Waals surface area contributed by atoms with Crippen LogP contribution in [0.4, 0.5) is 0 Å². The Balaban J connectivity index is 2.48. The second-order valence-electron chi connectivity index (χ2n) is 6.77. The summed E-state index contributed by atoms with van der Waals surface area (Å²) >= 11 is 0. The smallest absolute Gasteiger partial charge is 0.334 e. The van der Waals surface area contributed by atoms with Crippen LogP contribution in [0, 0.1) is 5.92 Å². The van der Waals surface area contributed by atoms with E-state index in [0.717, 1.165) is 5.57 Å². The Labute approximate surface area is 152 Å². The van der Waals surface area contributed by atoms with Gasteiger partial charge >= 0.3 is 11.9 Å². The van der Waals surface area contributed by atoms with Gasteiger partial charge in [-0.25, -0.2) is 9.59 Å². The normalized spacial score (nSPS) is 34.2. The van der Waals surface area contributed by atoms with Gasteiger partial charge in [-0.3, -0.25) is 4.79 Å². The molecule has 0 aromatic rings. The monoisotopic (exact) mass is 360 g/mol. The molecule has 0 saturated carbocycles. The number of allylic oxidation sites excluding steroid dienone is 3. The SMILES string of the molecule is C=C1C(=O)O[C@@H]2C/C(C)=C\C(=O)/C=C(\C)[C@@H](OC(=O)/C(C)=C\C)[C@H](O)[C@@H]12. The van der Waals surface area contributed by atoms with Crippen molar-refractivity contribution in [3.63, 3.8) is 0 Å². The molecule has 1 heterocycles. The summed E-state index contributed by atoms with van der Waals surface area (Å²) in [4.78, 5) is 36.3. The van der Waals surface area contributed by atoms with E-state index in [-0.39, 0.29) is 11.4 Å². The summed E-state index contributed by atoms with van der Waals surface area (Å²) in [5.41, 5.74) is 1.62. The second kappa shape index (κ2) is 7.83. The first-order valence-electron chi connectivity index (χ1n) is 8.46. The van der Waals surface area contributed by atoms with Gasteiger partial charge in [0, 0.05) is 17.6 Å². The molecule has 6 heteroatoms. The number of esters is 2. The maximum Gasteiger partial charge on any atom is 0.334 e. The molecule has 2 aliphatic rings. The fraction of sp³-hybridized carbons (Fsp3) is 0.450. The predicted molar refractivity (Wildman–Crippen MR) is 95.0 cm³/mol. The lowest BCUT2D eigenvalue weighted by atomic mass is 9.83. The molecular formula is C20H24O6. The lowest BCUT2D eigenvalue weighted by Crippen LogP contribution is -2.42. The third-order valence-corrected chi connectivity index (χ3v) is 4.72. The minimum absolute atomic E-state index is 0.138. The van der Waals surface area contributed by atoms with E-state index in [1.807, 2.05) is 0 Å². The van der Waals surface area contributed by atoms with Gasteiger partial charge in [0.2, 0.25) is 0 Å². The highest BCUT2D eigenvalue weighted by molar-refractivity contribution is 6.00. The van der Waals surface area contributed by atoms with Crippen LogP contribution in [-0.2, 0) is 23.9 Å². The molecule has 0 amide bonds. The van der Waals surface area contributed by atoms with Crippen molar-refractivity contribution < 1.29 is 29.0 Å². The molecule has 4 atom stereocenters. The Bertz CT molecular complexity index is 739. The first-order valence-corrected chi connectivity index (χ1v) is 8.46.